The molecular formula is C15H11ClF2N2O4. The zero-order valence-corrected chi connectivity index (χ0v) is 13.0. The van der Waals surface area contributed by atoms with Gasteiger partial charge in [-0.1, -0.05) is 11.6 Å². The molecule has 1 N–H and O–H groups in total. The zero-order valence-electron chi connectivity index (χ0n) is 12.3. The number of hydrogen-bond donors (Lipinski definition) is 1. The van der Waals surface area contributed by atoms with Crippen LogP contribution in [0.2, 0.25) is 5.02 Å². The lowest BCUT2D eigenvalue weighted by atomic mass is 10.2. The lowest BCUT2D eigenvalue weighted by Gasteiger charge is -2.15. The molecule has 1 amide bonds. The second kappa shape index (κ2) is 7.22. The van der Waals surface area contributed by atoms with Crippen molar-refractivity contribution in [2.45, 2.75) is 13.0 Å². The van der Waals surface area contributed by atoms with Gasteiger partial charge in [-0.25, -0.2) is 4.39 Å². The number of rotatable bonds is 5. The molecule has 0 aliphatic heterocycles. The number of hydrogen-bond acceptors (Lipinski definition) is 4. The number of nitro groups is 1. The minimum Gasteiger partial charge on any atom is -0.481 e. The number of amides is 1. The van der Waals surface area contributed by atoms with Gasteiger partial charge in [-0.15, -0.1) is 0 Å². The van der Waals surface area contributed by atoms with E-state index in [2.05, 4.69) is 5.32 Å². The van der Waals surface area contributed by atoms with Crippen LogP contribution < -0.4 is 10.1 Å². The van der Waals surface area contributed by atoms with E-state index >= 15 is 0 Å². The summed E-state index contributed by atoms with van der Waals surface area (Å²) in [5.41, 5.74) is -0.715. The van der Waals surface area contributed by atoms with Crippen LogP contribution in [-0.4, -0.2) is 16.9 Å². The largest absolute Gasteiger partial charge is 0.481 e. The van der Waals surface area contributed by atoms with E-state index in [1.165, 1.54) is 25.1 Å². The quantitative estimate of drug-likeness (QED) is 0.650. The summed E-state index contributed by atoms with van der Waals surface area (Å²) in [5.74, 6) is -2.09. The molecule has 0 radical (unpaired) electrons. The summed E-state index contributed by atoms with van der Waals surface area (Å²) in [6.07, 6.45) is -1.00. The van der Waals surface area contributed by atoms with Gasteiger partial charge in [0.1, 0.15) is 11.6 Å². The van der Waals surface area contributed by atoms with Crippen molar-refractivity contribution in [2.24, 2.45) is 0 Å². The van der Waals surface area contributed by atoms with E-state index in [0.29, 0.717) is 0 Å². The minimum absolute atomic E-state index is 0.0423. The molecule has 0 spiro atoms. The lowest BCUT2D eigenvalue weighted by Crippen LogP contribution is -2.30. The number of nitrogens with one attached hydrogen (secondary N) is 1. The van der Waals surface area contributed by atoms with Gasteiger partial charge in [0, 0.05) is 17.8 Å². The van der Waals surface area contributed by atoms with E-state index in [1.807, 2.05) is 0 Å². The van der Waals surface area contributed by atoms with Crippen LogP contribution in [0.1, 0.15) is 6.92 Å². The van der Waals surface area contributed by atoms with Crippen molar-refractivity contribution in [3.05, 3.63) is 63.2 Å². The molecule has 2 aromatic rings. The molecule has 2 aromatic carbocycles. The molecule has 0 unspecified atom stereocenters. The Kier molecular flexibility index (Phi) is 5.30. The van der Waals surface area contributed by atoms with Crippen molar-refractivity contribution in [1.29, 1.82) is 0 Å². The standard InChI is InChI=1S/C15H11ClF2N2O4/c1-8(24-10-3-5-12(17)11(16)7-10)15(21)19-9-2-4-13(18)14(6-9)20(22)23/h2-8H,1H3,(H,19,21)/t8-/m1/s1. The van der Waals surface area contributed by atoms with E-state index in [9.17, 15) is 23.7 Å². The molecular weight excluding hydrogens is 346 g/mol. The first-order chi connectivity index (χ1) is 11.3. The average molecular weight is 357 g/mol. The van der Waals surface area contributed by atoms with Gasteiger partial charge in [0.2, 0.25) is 5.82 Å². The molecule has 0 bridgehead atoms. The van der Waals surface area contributed by atoms with E-state index in [1.54, 1.807) is 0 Å². The Balaban J connectivity index is 2.07. The van der Waals surface area contributed by atoms with Crippen LogP contribution in [0.4, 0.5) is 20.2 Å². The Hall–Kier alpha value is -2.74. The first-order valence-electron chi connectivity index (χ1n) is 6.64. The molecule has 0 aromatic heterocycles. The summed E-state index contributed by atoms with van der Waals surface area (Å²) < 4.78 is 31.6. The van der Waals surface area contributed by atoms with E-state index in [0.717, 1.165) is 18.2 Å². The summed E-state index contributed by atoms with van der Waals surface area (Å²) in [5, 5.41) is 12.9. The van der Waals surface area contributed by atoms with E-state index in [4.69, 9.17) is 16.3 Å². The number of anilines is 1. The molecule has 126 valence electrons. The van der Waals surface area contributed by atoms with Gasteiger partial charge in [-0.2, -0.15) is 4.39 Å². The second-order valence-electron chi connectivity index (χ2n) is 4.75. The molecule has 0 aliphatic rings. The first-order valence-corrected chi connectivity index (χ1v) is 7.02. The maximum atomic E-state index is 13.3. The highest BCUT2D eigenvalue weighted by Gasteiger charge is 2.19. The third kappa shape index (κ3) is 4.17. The Morgan fingerprint density at radius 3 is 2.54 bits per heavy atom. The van der Waals surface area contributed by atoms with Gasteiger partial charge >= 0.3 is 5.69 Å². The topological polar surface area (TPSA) is 81.5 Å². The Morgan fingerprint density at radius 2 is 1.92 bits per heavy atom. The molecule has 0 fully saturated rings. The van der Waals surface area contributed by atoms with Gasteiger partial charge in [-0.05, 0) is 31.2 Å². The number of nitrogens with zero attached hydrogens (tertiary/aromatic N) is 1. The predicted octanol–water partition coefficient (Wildman–Crippen LogP) is 3.93. The van der Waals surface area contributed by atoms with Crippen LogP contribution in [0.25, 0.3) is 0 Å². The third-order valence-corrected chi connectivity index (χ3v) is 3.27. The highest BCUT2D eigenvalue weighted by molar-refractivity contribution is 6.30. The molecule has 24 heavy (non-hydrogen) atoms. The predicted molar refractivity (Wildman–Crippen MR) is 83.2 cm³/mol. The maximum absolute atomic E-state index is 13.3. The van der Waals surface area contributed by atoms with Gasteiger partial charge in [-0.3, -0.25) is 14.9 Å². The number of benzene rings is 2. The number of carbonyl (C=O) groups excluding carboxylic acids is 1. The van der Waals surface area contributed by atoms with E-state index < -0.39 is 34.3 Å². The summed E-state index contributed by atoms with van der Waals surface area (Å²) in [6.45, 7) is 1.42. The highest BCUT2D eigenvalue weighted by atomic mass is 35.5. The molecule has 0 heterocycles. The Labute approximate surface area is 140 Å². The van der Waals surface area contributed by atoms with Crippen molar-refractivity contribution in [2.75, 3.05) is 5.32 Å². The van der Waals surface area contributed by atoms with Crippen molar-refractivity contribution >= 4 is 28.9 Å². The number of halogens is 3. The maximum Gasteiger partial charge on any atom is 0.306 e. The van der Waals surface area contributed by atoms with Crippen LogP contribution in [0.5, 0.6) is 5.75 Å². The molecule has 0 aliphatic carbocycles. The first kappa shape index (κ1) is 17.6. The molecule has 9 heteroatoms. The Morgan fingerprint density at radius 1 is 1.25 bits per heavy atom. The zero-order chi connectivity index (χ0) is 17.9. The van der Waals surface area contributed by atoms with Crippen LogP contribution in [0.15, 0.2) is 36.4 Å². The molecule has 2 rings (SSSR count). The fraction of sp³-hybridized carbons (Fsp3) is 0.133. The van der Waals surface area contributed by atoms with Crippen LogP contribution in [-0.2, 0) is 4.79 Å². The fourth-order valence-corrected chi connectivity index (χ4v) is 1.95. The summed E-state index contributed by atoms with van der Waals surface area (Å²) in [6, 6.07) is 6.55. The summed E-state index contributed by atoms with van der Waals surface area (Å²) in [7, 11) is 0. The smallest absolute Gasteiger partial charge is 0.306 e. The lowest BCUT2D eigenvalue weighted by molar-refractivity contribution is -0.387. The van der Waals surface area contributed by atoms with Gasteiger partial charge in [0.05, 0.1) is 9.95 Å². The SMILES string of the molecule is C[C@@H](Oc1ccc(F)c(Cl)c1)C(=O)Nc1ccc(F)c([N+](=O)[O-])c1. The van der Waals surface area contributed by atoms with Crippen LogP contribution in [0.3, 0.4) is 0 Å². The summed E-state index contributed by atoms with van der Waals surface area (Å²) in [4.78, 5) is 21.8. The van der Waals surface area contributed by atoms with Crippen molar-refractivity contribution in [1.82, 2.24) is 0 Å². The monoisotopic (exact) mass is 356 g/mol. The number of nitro benzene ring substituents is 1. The van der Waals surface area contributed by atoms with Crippen molar-refractivity contribution in [3.8, 4) is 5.75 Å². The van der Waals surface area contributed by atoms with Gasteiger partial charge in [0.15, 0.2) is 6.10 Å². The third-order valence-electron chi connectivity index (χ3n) is 2.98. The van der Waals surface area contributed by atoms with Gasteiger partial charge < -0.3 is 10.1 Å². The Bertz CT molecular complexity index is 801. The normalized spacial score (nSPS) is 11.7. The van der Waals surface area contributed by atoms with Crippen LogP contribution >= 0.6 is 11.6 Å². The number of carbonyl (C=O) groups is 1. The summed E-state index contributed by atoms with van der Waals surface area (Å²) >= 11 is 5.61. The van der Waals surface area contributed by atoms with Crippen LogP contribution in [0, 0.1) is 21.7 Å². The number of ether oxygens (including phenoxy) is 1. The average Bonchev–Trinajstić information content (AvgIpc) is 2.52. The minimum atomic E-state index is -1.01. The molecule has 6 nitrogen and oxygen atoms in total. The van der Waals surface area contributed by atoms with Gasteiger partial charge in [0.25, 0.3) is 5.91 Å². The highest BCUT2D eigenvalue weighted by Crippen LogP contribution is 2.23. The molecule has 0 saturated heterocycles. The molecule has 0 saturated carbocycles. The van der Waals surface area contributed by atoms with Crippen molar-refractivity contribution in [3.63, 3.8) is 0 Å². The van der Waals surface area contributed by atoms with E-state index in [-0.39, 0.29) is 16.5 Å². The molecule has 1 atom stereocenters. The van der Waals surface area contributed by atoms with Crippen molar-refractivity contribution < 1.29 is 23.2 Å². The fourth-order valence-electron chi connectivity index (χ4n) is 1.78. The second-order valence-corrected chi connectivity index (χ2v) is 5.16.